The number of pyridine rings is 1. The maximum atomic E-state index is 12.3. The van der Waals surface area contributed by atoms with Crippen LogP contribution in [0.2, 0.25) is 0 Å². The number of hydrogen-bond donors (Lipinski definition) is 3. The van der Waals surface area contributed by atoms with Crippen LogP contribution in [0.15, 0.2) is 59.3 Å². The number of alkyl carbamates (subject to hydrolysis) is 1. The summed E-state index contributed by atoms with van der Waals surface area (Å²) in [5, 5.41) is 6.99. The van der Waals surface area contributed by atoms with E-state index in [1.54, 1.807) is 12.4 Å². The molecule has 0 bridgehead atoms. The molecule has 1 fully saturated rings. The molecular weight excluding hydrogens is 550 g/mol. The Hall–Kier alpha value is -4.32. The number of aromatic amines is 1. The Morgan fingerprint density at radius 2 is 1.97 bits per heavy atom. The molecule has 1 aliphatic heterocycles. The van der Waals surface area contributed by atoms with Crippen molar-refractivity contribution in [1.29, 1.82) is 0 Å². The van der Waals surface area contributed by atoms with Crippen molar-refractivity contribution in [2.45, 2.75) is 26.0 Å². The van der Waals surface area contributed by atoms with Crippen molar-refractivity contribution >= 4 is 61.8 Å². The van der Waals surface area contributed by atoms with E-state index in [4.69, 9.17) is 9.72 Å². The number of nitrogens with zero attached hydrogens (tertiary/aromatic N) is 6. The lowest BCUT2D eigenvalue weighted by molar-refractivity contribution is 0.133. The minimum absolute atomic E-state index is 0.0551. The molecule has 12 heteroatoms. The van der Waals surface area contributed by atoms with Gasteiger partial charge in [-0.2, -0.15) is 9.97 Å². The number of ether oxygens (including phenoxy) is 1. The van der Waals surface area contributed by atoms with E-state index < -0.39 is 6.09 Å². The van der Waals surface area contributed by atoms with Crippen molar-refractivity contribution in [3.05, 3.63) is 70.6 Å². The highest BCUT2D eigenvalue weighted by Gasteiger charge is 2.32. The van der Waals surface area contributed by atoms with Gasteiger partial charge in [0, 0.05) is 25.0 Å². The number of carbonyl (C=O) groups excluding carboxylic acids is 1. The number of fused-ring (bicyclic) bond motifs is 2. The monoisotopic (exact) mass is 573 g/mol. The zero-order valence-corrected chi connectivity index (χ0v) is 22.1. The number of aromatic nitrogens is 6. The van der Waals surface area contributed by atoms with Crippen molar-refractivity contribution in [3.8, 4) is 0 Å². The molecule has 6 rings (SSSR count). The lowest BCUT2D eigenvalue weighted by Gasteiger charge is -2.40. The molecule has 1 saturated heterocycles. The number of halogens is 1. The smallest absolute Gasteiger partial charge is 0.407 e. The summed E-state index contributed by atoms with van der Waals surface area (Å²) in [7, 11) is 0. The van der Waals surface area contributed by atoms with Gasteiger partial charge < -0.3 is 25.3 Å². The molecule has 0 saturated carbocycles. The van der Waals surface area contributed by atoms with Gasteiger partial charge >= 0.3 is 6.09 Å². The molecule has 1 aromatic carbocycles. The number of nitrogens with one attached hydrogen (secondary N) is 3. The standard InChI is InChI=1S/C26H24BrN9O2/c1-2-17-21(27)20-23(31-17)34-25(33-19-11-29-18-9-6-10-28-22(18)32-19)35-24(20)36-12-16(13-36)30-26(37)38-14-15-7-4-3-5-8-15/h3-11,16H,2,12-14H2,1H3,(H,30,37)(H2,28,31,32,33,34,35). The molecule has 0 aliphatic carbocycles. The predicted molar refractivity (Wildman–Crippen MR) is 147 cm³/mol. The minimum atomic E-state index is -0.437. The summed E-state index contributed by atoms with van der Waals surface area (Å²) >= 11 is 3.72. The van der Waals surface area contributed by atoms with Crippen molar-refractivity contribution < 1.29 is 9.53 Å². The molecule has 0 spiro atoms. The van der Waals surface area contributed by atoms with Crippen molar-refractivity contribution in [1.82, 2.24) is 35.2 Å². The molecular formula is C26H24BrN9O2. The molecule has 1 aliphatic rings. The number of carbonyl (C=O) groups is 1. The van der Waals surface area contributed by atoms with Crippen LogP contribution in [0.5, 0.6) is 0 Å². The van der Waals surface area contributed by atoms with Crippen LogP contribution in [0.3, 0.4) is 0 Å². The van der Waals surface area contributed by atoms with Gasteiger partial charge in [-0.15, -0.1) is 0 Å². The van der Waals surface area contributed by atoms with Crippen molar-refractivity contribution in [2.75, 3.05) is 23.3 Å². The molecule has 1 amide bonds. The molecule has 5 heterocycles. The Bertz CT molecular complexity index is 1620. The zero-order valence-electron chi connectivity index (χ0n) is 20.5. The summed E-state index contributed by atoms with van der Waals surface area (Å²) in [5.74, 6) is 1.63. The van der Waals surface area contributed by atoms with E-state index in [1.807, 2.05) is 42.5 Å². The summed E-state index contributed by atoms with van der Waals surface area (Å²) in [4.78, 5) is 40.5. The molecule has 0 atom stereocenters. The number of rotatable bonds is 7. The average molecular weight is 574 g/mol. The van der Waals surface area contributed by atoms with Gasteiger partial charge in [-0.25, -0.2) is 19.7 Å². The number of hydrogen-bond acceptors (Lipinski definition) is 9. The first-order chi connectivity index (χ1) is 18.6. The second-order valence-electron chi connectivity index (χ2n) is 8.90. The van der Waals surface area contributed by atoms with Crippen molar-refractivity contribution in [2.24, 2.45) is 0 Å². The highest BCUT2D eigenvalue weighted by atomic mass is 79.9. The first-order valence-corrected chi connectivity index (χ1v) is 13.0. The lowest BCUT2D eigenvalue weighted by Crippen LogP contribution is -2.59. The SMILES string of the molecule is CCc1[nH]c2nc(Nc3cnc4cccnc4n3)nc(N3CC(NC(=O)OCc4ccccc4)C3)c2c1Br. The van der Waals surface area contributed by atoms with E-state index in [9.17, 15) is 4.79 Å². The number of amides is 1. The van der Waals surface area contributed by atoms with Gasteiger partial charge in [0.05, 0.1) is 22.1 Å². The fourth-order valence-electron chi connectivity index (χ4n) is 4.32. The molecule has 5 aromatic rings. The molecule has 38 heavy (non-hydrogen) atoms. The van der Waals surface area contributed by atoms with E-state index in [0.717, 1.165) is 33.4 Å². The fraction of sp³-hybridized carbons (Fsp3) is 0.231. The van der Waals surface area contributed by atoms with E-state index in [0.29, 0.717) is 41.7 Å². The Balaban J connectivity index is 1.20. The first kappa shape index (κ1) is 24.0. The quantitative estimate of drug-likeness (QED) is 0.257. The molecule has 11 nitrogen and oxygen atoms in total. The molecule has 0 unspecified atom stereocenters. The van der Waals surface area contributed by atoms with Crippen LogP contribution in [-0.2, 0) is 17.8 Å². The third-order valence-corrected chi connectivity index (χ3v) is 7.15. The Morgan fingerprint density at radius 3 is 2.79 bits per heavy atom. The molecule has 4 aromatic heterocycles. The maximum Gasteiger partial charge on any atom is 0.407 e. The zero-order chi connectivity index (χ0) is 26.1. The van der Waals surface area contributed by atoms with E-state index in [-0.39, 0.29) is 12.6 Å². The normalized spacial score (nSPS) is 13.5. The number of anilines is 3. The second-order valence-corrected chi connectivity index (χ2v) is 9.69. The Labute approximate surface area is 226 Å². The van der Waals surface area contributed by atoms with Crippen LogP contribution in [0.25, 0.3) is 22.2 Å². The summed E-state index contributed by atoms with van der Waals surface area (Å²) in [6, 6.07) is 13.2. The Morgan fingerprint density at radius 1 is 1.13 bits per heavy atom. The minimum Gasteiger partial charge on any atom is -0.445 e. The van der Waals surface area contributed by atoms with Crippen LogP contribution < -0.4 is 15.5 Å². The lowest BCUT2D eigenvalue weighted by atomic mass is 10.1. The van der Waals surface area contributed by atoms with Crippen LogP contribution in [0.1, 0.15) is 18.2 Å². The Kier molecular flexibility index (Phi) is 6.46. The fourth-order valence-corrected chi connectivity index (χ4v) is 5.06. The van der Waals surface area contributed by atoms with Gasteiger partial charge in [0.1, 0.15) is 23.6 Å². The number of H-pyrrole nitrogens is 1. The predicted octanol–water partition coefficient (Wildman–Crippen LogP) is 4.48. The van der Waals surface area contributed by atoms with Crippen LogP contribution >= 0.6 is 15.9 Å². The van der Waals surface area contributed by atoms with E-state index in [2.05, 4.69) is 63.3 Å². The van der Waals surface area contributed by atoms with Gasteiger partial charge in [-0.05, 0) is 40.0 Å². The third-order valence-electron chi connectivity index (χ3n) is 6.27. The van der Waals surface area contributed by atoms with E-state index >= 15 is 0 Å². The second kappa shape index (κ2) is 10.2. The summed E-state index contributed by atoms with van der Waals surface area (Å²) in [6.07, 6.45) is 3.67. The van der Waals surface area contributed by atoms with Gasteiger partial charge in [-0.3, -0.25) is 0 Å². The van der Waals surface area contributed by atoms with Gasteiger partial charge in [0.25, 0.3) is 0 Å². The largest absolute Gasteiger partial charge is 0.445 e. The highest BCUT2D eigenvalue weighted by molar-refractivity contribution is 9.10. The highest BCUT2D eigenvalue weighted by Crippen LogP contribution is 2.36. The molecule has 3 N–H and O–H groups in total. The van der Waals surface area contributed by atoms with Crippen molar-refractivity contribution in [3.63, 3.8) is 0 Å². The maximum absolute atomic E-state index is 12.3. The topological polar surface area (TPSA) is 134 Å². The average Bonchev–Trinajstić information content (AvgIpc) is 3.24. The van der Waals surface area contributed by atoms with E-state index in [1.165, 1.54) is 0 Å². The molecule has 0 radical (unpaired) electrons. The van der Waals surface area contributed by atoms with Gasteiger partial charge in [0.15, 0.2) is 11.5 Å². The van der Waals surface area contributed by atoms with Gasteiger partial charge in [-0.1, -0.05) is 37.3 Å². The van der Waals surface area contributed by atoms with Crippen LogP contribution in [0.4, 0.5) is 22.4 Å². The number of aryl methyl sites for hydroxylation is 1. The summed E-state index contributed by atoms with van der Waals surface area (Å²) in [5.41, 5.74) is 3.91. The van der Waals surface area contributed by atoms with Gasteiger partial charge in [0.2, 0.25) is 5.95 Å². The van der Waals surface area contributed by atoms with Crippen LogP contribution in [-0.4, -0.2) is 55.1 Å². The van der Waals surface area contributed by atoms with Crippen LogP contribution in [0, 0.1) is 0 Å². The summed E-state index contributed by atoms with van der Waals surface area (Å²) < 4.78 is 6.30. The summed E-state index contributed by atoms with van der Waals surface area (Å²) in [6.45, 7) is 3.48. The number of benzene rings is 1. The first-order valence-electron chi connectivity index (χ1n) is 12.2. The molecule has 192 valence electrons. The third kappa shape index (κ3) is 4.82.